The standard InChI is InChI=1S/C17H13Cl2N3OS/c18-12-6-11(7-13(19)8-12)15-14(16(20)23)17(22-24-15)21-9-10-4-2-1-3-5-10/h1-8H,9H2,(H2,20,23)(H,21,22). The van der Waals surface area contributed by atoms with Crippen LogP contribution in [0.4, 0.5) is 5.82 Å². The van der Waals surface area contributed by atoms with Crippen LogP contribution in [0.2, 0.25) is 10.0 Å². The number of benzene rings is 2. The number of nitrogens with one attached hydrogen (secondary N) is 1. The molecular weight excluding hydrogens is 365 g/mol. The van der Waals surface area contributed by atoms with Crippen molar-refractivity contribution >= 4 is 46.5 Å². The Morgan fingerprint density at radius 1 is 1.12 bits per heavy atom. The van der Waals surface area contributed by atoms with Gasteiger partial charge in [-0.1, -0.05) is 53.5 Å². The number of hydrogen-bond donors (Lipinski definition) is 2. The summed E-state index contributed by atoms with van der Waals surface area (Å²) in [4.78, 5) is 12.6. The van der Waals surface area contributed by atoms with Gasteiger partial charge in [-0.05, 0) is 40.9 Å². The molecule has 0 saturated heterocycles. The fourth-order valence-corrected chi connectivity index (χ4v) is 3.68. The highest BCUT2D eigenvalue weighted by molar-refractivity contribution is 7.10. The van der Waals surface area contributed by atoms with Crippen molar-refractivity contribution in [3.8, 4) is 10.4 Å². The largest absolute Gasteiger partial charge is 0.365 e. The minimum absolute atomic E-state index is 0.342. The van der Waals surface area contributed by atoms with Crippen LogP contribution < -0.4 is 11.1 Å². The van der Waals surface area contributed by atoms with Crippen LogP contribution in [0.3, 0.4) is 0 Å². The van der Waals surface area contributed by atoms with E-state index in [0.29, 0.717) is 38.4 Å². The van der Waals surface area contributed by atoms with Crippen molar-refractivity contribution in [3.05, 3.63) is 69.7 Å². The number of anilines is 1. The van der Waals surface area contributed by atoms with E-state index in [1.165, 1.54) is 11.5 Å². The van der Waals surface area contributed by atoms with Gasteiger partial charge in [0.2, 0.25) is 0 Å². The fraction of sp³-hybridized carbons (Fsp3) is 0.0588. The predicted octanol–water partition coefficient (Wildman–Crippen LogP) is 4.83. The van der Waals surface area contributed by atoms with Gasteiger partial charge in [0.1, 0.15) is 5.56 Å². The van der Waals surface area contributed by atoms with Gasteiger partial charge in [-0.15, -0.1) is 0 Å². The van der Waals surface area contributed by atoms with Crippen molar-refractivity contribution in [1.82, 2.24) is 4.37 Å². The number of nitrogens with zero attached hydrogens (tertiary/aromatic N) is 1. The highest BCUT2D eigenvalue weighted by atomic mass is 35.5. The molecule has 2 aromatic carbocycles. The van der Waals surface area contributed by atoms with Gasteiger partial charge in [0.15, 0.2) is 5.82 Å². The average molecular weight is 378 g/mol. The molecule has 7 heteroatoms. The first-order chi connectivity index (χ1) is 11.5. The maximum absolute atomic E-state index is 11.9. The molecule has 24 heavy (non-hydrogen) atoms. The Morgan fingerprint density at radius 2 is 1.79 bits per heavy atom. The molecule has 1 heterocycles. The third kappa shape index (κ3) is 3.70. The molecule has 122 valence electrons. The number of hydrogen-bond acceptors (Lipinski definition) is 4. The zero-order valence-corrected chi connectivity index (χ0v) is 14.8. The van der Waals surface area contributed by atoms with Crippen LogP contribution in [0, 0.1) is 0 Å². The number of carbonyl (C=O) groups excluding carboxylic acids is 1. The summed E-state index contributed by atoms with van der Waals surface area (Å²) < 4.78 is 4.33. The van der Waals surface area contributed by atoms with Gasteiger partial charge >= 0.3 is 0 Å². The van der Waals surface area contributed by atoms with Crippen LogP contribution >= 0.6 is 34.7 Å². The Balaban J connectivity index is 1.94. The Bertz CT molecular complexity index is 861. The number of halogens is 2. The smallest absolute Gasteiger partial charge is 0.254 e. The van der Waals surface area contributed by atoms with Crippen molar-refractivity contribution in [3.63, 3.8) is 0 Å². The summed E-state index contributed by atoms with van der Waals surface area (Å²) in [7, 11) is 0. The third-order valence-electron chi connectivity index (χ3n) is 3.37. The third-order valence-corrected chi connectivity index (χ3v) is 4.70. The van der Waals surface area contributed by atoms with E-state index in [1.807, 2.05) is 30.3 Å². The Morgan fingerprint density at radius 3 is 2.42 bits per heavy atom. The van der Waals surface area contributed by atoms with Gasteiger partial charge in [-0.2, -0.15) is 4.37 Å². The van der Waals surface area contributed by atoms with Gasteiger partial charge in [0.05, 0.1) is 4.88 Å². The lowest BCUT2D eigenvalue weighted by atomic mass is 10.1. The number of aromatic nitrogens is 1. The molecule has 0 aliphatic carbocycles. The van der Waals surface area contributed by atoms with Crippen molar-refractivity contribution in [2.24, 2.45) is 5.73 Å². The van der Waals surface area contributed by atoms with E-state index in [0.717, 1.165) is 5.56 Å². The van der Waals surface area contributed by atoms with Crippen LogP contribution in [0.1, 0.15) is 15.9 Å². The highest BCUT2D eigenvalue weighted by Gasteiger charge is 2.20. The van der Waals surface area contributed by atoms with E-state index in [9.17, 15) is 4.79 Å². The second-order valence-electron chi connectivity index (χ2n) is 5.10. The Hall–Kier alpha value is -2.08. The molecule has 0 saturated carbocycles. The van der Waals surface area contributed by atoms with Gasteiger partial charge < -0.3 is 11.1 Å². The zero-order chi connectivity index (χ0) is 17.1. The van der Waals surface area contributed by atoms with Crippen molar-refractivity contribution in [2.45, 2.75) is 6.54 Å². The molecule has 1 amide bonds. The molecule has 4 nitrogen and oxygen atoms in total. The van der Waals surface area contributed by atoms with Crippen LogP contribution in [0.25, 0.3) is 10.4 Å². The average Bonchev–Trinajstić information content (AvgIpc) is 2.97. The van der Waals surface area contributed by atoms with Crippen LogP contribution in [-0.4, -0.2) is 10.3 Å². The van der Waals surface area contributed by atoms with Crippen LogP contribution in [0.15, 0.2) is 48.5 Å². The second kappa shape index (κ2) is 7.21. The molecule has 0 atom stereocenters. The first-order valence-corrected chi connectivity index (χ1v) is 8.61. The van der Waals surface area contributed by atoms with Gasteiger partial charge in [-0.25, -0.2) is 0 Å². The molecule has 3 rings (SSSR count). The summed E-state index contributed by atoms with van der Waals surface area (Å²) >= 11 is 13.3. The normalized spacial score (nSPS) is 10.6. The molecule has 1 aromatic heterocycles. The SMILES string of the molecule is NC(=O)c1c(NCc2ccccc2)nsc1-c1cc(Cl)cc(Cl)c1. The van der Waals surface area contributed by atoms with E-state index >= 15 is 0 Å². The lowest BCUT2D eigenvalue weighted by Crippen LogP contribution is -2.14. The molecule has 3 aromatic rings. The fourth-order valence-electron chi connectivity index (χ4n) is 2.30. The zero-order valence-electron chi connectivity index (χ0n) is 12.4. The summed E-state index contributed by atoms with van der Waals surface area (Å²) in [5.41, 5.74) is 7.70. The minimum Gasteiger partial charge on any atom is -0.365 e. The first kappa shape index (κ1) is 16.8. The first-order valence-electron chi connectivity index (χ1n) is 7.08. The summed E-state index contributed by atoms with van der Waals surface area (Å²) in [5.74, 6) is -0.0899. The van der Waals surface area contributed by atoms with Gasteiger partial charge in [0.25, 0.3) is 5.91 Å². The van der Waals surface area contributed by atoms with E-state index < -0.39 is 5.91 Å². The van der Waals surface area contributed by atoms with Crippen molar-refractivity contribution < 1.29 is 4.79 Å². The summed E-state index contributed by atoms with van der Waals surface area (Å²) in [6, 6.07) is 14.9. The van der Waals surface area contributed by atoms with E-state index in [2.05, 4.69) is 9.69 Å². The topological polar surface area (TPSA) is 68.0 Å². The molecule has 0 spiro atoms. The van der Waals surface area contributed by atoms with E-state index in [1.54, 1.807) is 18.2 Å². The summed E-state index contributed by atoms with van der Waals surface area (Å²) in [6.45, 7) is 0.542. The second-order valence-corrected chi connectivity index (χ2v) is 6.74. The molecule has 0 aliphatic heterocycles. The maximum atomic E-state index is 11.9. The predicted molar refractivity (Wildman–Crippen MR) is 99.9 cm³/mol. The summed E-state index contributed by atoms with van der Waals surface area (Å²) in [6.07, 6.45) is 0. The molecule has 0 radical (unpaired) electrons. The van der Waals surface area contributed by atoms with Crippen LogP contribution in [0.5, 0.6) is 0 Å². The number of rotatable bonds is 5. The van der Waals surface area contributed by atoms with E-state index in [-0.39, 0.29) is 0 Å². The van der Waals surface area contributed by atoms with Gasteiger partial charge in [0, 0.05) is 16.6 Å². The number of nitrogens with two attached hydrogens (primary N) is 1. The van der Waals surface area contributed by atoms with E-state index in [4.69, 9.17) is 28.9 Å². The monoisotopic (exact) mass is 377 g/mol. The number of amides is 1. The molecule has 3 N–H and O–H groups in total. The Labute approximate surface area is 153 Å². The minimum atomic E-state index is -0.551. The molecular formula is C17H13Cl2N3OS. The number of carbonyl (C=O) groups is 1. The lowest BCUT2D eigenvalue weighted by Gasteiger charge is -2.06. The van der Waals surface area contributed by atoms with Crippen molar-refractivity contribution in [1.29, 1.82) is 0 Å². The number of primary amides is 1. The molecule has 0 fully saturated rings. The molecule has 0 unspecified atom stereocenters. The quantitative estimate of drug-likeness (QED) is 0.668. The maximum Gasteiger partial charge on any atom is 0.254 e. The lowest BCUT2D eigenvalue weighted by molar-refractivity contribution is 0.100. The van der Waals surface area contributed by atoms with Crippen LogP contribution in [-0.2, 0) is 6.54 Å². The Kier molecular flexibility index (Phi) is 5.04. The molecule has 0 bridgehead atoms. The van der Waals surface area contributed by atoms with Crippen molar-refractivity contribution in [2.75, 3.05) is 5.32 Å². The summed E-state index contributed by atoms with van der Waals surface area (Å²) in [5, 5.41) is 4.14. The van der Waals surface area contributed by atoms with Gasteiger partial charge in [-0.3, -0.25) is 4.79 Å². The highest BCUT2D eigenvalue weighted by Crippen LogP contribution is 2.36. The molecule has 0 aliphatic rings.